The molecule has 1 atom stereocenters. The van der Waals surface area contributed by atoms with Crippen molar-refractivity contribution in [1.29, 1.82) is 0 Å². The number of benzene rings is 1. The normalized spacial score (nSPS) is 20.2. The minimum Gasteiger partial charge on any atom is -0.366 e. The van der Waals surface area contributed by atoms with Gasteiger partial charge in [-0.2, -0.15) is 13.2 Å². The molecule has 1 fully saturated rings. The lowest BCUT2D eigenvalue weighted by atomic mass is 10.1. The van der Waals surface area contributed by atoms with Crippen LogP contribution < -0.4 is 10.2 Å². The van der Waals surface area contributed by atoms with Gasteiger partial charge in [0.1, 0.15) is 0 Å². The first-order valence-corrected chi connectivity index (χ1v) is 7.26. The van der Waals surface area contributed by atoms with Crippen LogP contribution in [0.1, 0.15) is 18.4 Å². The highest BCUT2D eigenvalue weighted by Gasteiger charge is 2.31. The predicted octanol–water partition coefficient (Wildman–Crippen LogP) is 3.50. The molecule has 0 aromatic heterocycles. The molecule has 0 saturated carbocycles. The van der Waals surface area contributed by atoms with E-state index in [9.17, 15) is 13.2 Å². The van der Waals surface area contributed by atoms with Gasteiger partial charge in [0.25, 0.3) is 0 Å². The molecular weight excluding hydrogens is 289 g/mol. The van der Waals surface area contributed by atoms with Crippen LogP contribution >= 0.6 is 11.6 Å². The monoisotopic (exact) mass is 306 g/mol. The van der Waals surface area contributed by atoms with E-state index in [1.807, 2.05) is 0 Å². The maximum absolute atomic E-state index is 12.8. The van der Waals surface area contributed by atoms with Gasteiger partial charge in [0, 0.05) is 37.2 Å². The largest absolute Gasteiger partial charge is 0.416 e. The number of hydrogen-bond donors (Lipinski definition) is 1. The highest BCUT2D eigenvalue weighted by Crippen LogP contribution is 2.32. The van der Waals surface area contributed by atoms with Gasteiger partial charge in [0.05, 0.1) is 5.56 Å². The van der Waals surface area contributed by atoms with E-state index in [4.69, 9.17) is 11.6 Å². The summed E-state index contributed by atoms with van der Waals surface area (Å²) < 4.78 is 38.4. The molecule has 0 amide bonds. The van der Waals surface area contributed by atoms with Crippen LogP contribution in [0.15, 0.2) is 24.3 Å². The van der Waals surface area contributed by atoms with E-state index >= 15 is 0 Å². The first-order chi connectivity index (χ1) is 9.52. The average molecular weight is 307 g/mol. The molecule has 0 spiro atoms. The minimum atomic E-state index is -4.30. The highest BCUT2D eigenvalue weighted by atomic mass is 35.5. The van der Waals surface area contributed by atoms with Crippen molar-refractivity contribution in [3.05, 3.63) is 29.8 Å². The summed E-state index contributed by atoms with van der Waals surface area (Å²) in [4.78, 5) is 2.05. The van der Waals surface area contributed by atoms with Gasteiger partial charge in [0.15, 0.2) is 0 Å². The average Bonchev–Trinajstić information content (AvgIpc) is 2.45. The van der Waals surface area contributed by atoms with Crippen LogP contribution in [0.5, 0.6) is 0 Å². The molecule has 1 unspecified atom stereocenters. The summed E-state index contributed by atoms with van der Waals surface area (Å²) in [6.45, 7) is 2.29. The van der Waals surface area contributed by atoms with Crippen molar-refractivity contribution in [2.24, 2.45) is 0 Å². The van der Waals surface area contributed by atoms with E-state index in [-0.39, 0.29) is 6.04 Å². The first-order valence-electron chi connectivity index (χ1n) is 6.73. The number of nitrogens with one attached hydrogen (secondary N) is 1. The summed E-state index contributed by atoms with van der Waals surface area (Å²) in [5, 5.41) is 3.28. The molecule has 6 heteroatoms. The minimum absolute atomic E-state index is 0.200. The number of rotatable bonds is 4. The van der Waals surface area contributed by atoms with E-state index in [1.54, 1.807) is 6.07 Å². The number of hydrogen-bond acceptors (Lipinski definition) is 2. The second-order valence-electron chi connectivity index (χ2n) is 4.93. The molecule has 1 aromatic rings. The Morgan fingerprint density at radius 2 is 2.15 bits per heavy atom. The van der Waals surface area contributed by atoms with Crippen molar-refractivity contribution in [2.45, 2.75) is 25.1 Å². The van der Waals surface area contributed by atoms with Gasteiger partial charge in [0.2, 0.25) is 0 Å². The molecule has 1 N–H and O–H groups in total. The Hall–Kier alpha value is -0.940. The zero-order valence-corrected chi connectivity index (χ0v) is 11.8. The zero-order valence-electron chi connectivity index (χ0n) is 11.1. The Kier molecular flexibility index (Phi) is 5.16. The summed E-state index contributed by atoms with van der Waals surface area (Å²) in [5.74, 6) is 0.576. The van der Waals surface area contributed by atoms with Crippen molar-refractivity contribution in [1.82, 2.24) is 5.32 Å². The van der Waals surface area contributed by atoms with Crippen LogP contribution in [0.2, 0.25) is 0 Å². The number of piperazine rings is 1. The lowest BCUT2D eigenvalue weighted by molar-refractivity contribution is -0.137. The Bertz CT molecular complexity index is 437. The predicted molar refractivity (Wildman–Crippen MR) is 75.4 cm³/mol. The molecule has 112 valence electrons. The highest BCUT2D eigenvalue weighted by molar-refractivity contribution is 6.17. The number of anilines is 1. The lowest BCUT2D eigenvalue weighted by Crippen LogP contribution is -2.51. The molecule has 1 saturated heterocycles. The Morgan fingerprint density at radius 3 is 2.85 bits per heavy atom. The van der Waals surface area contributed by atoms with Crippen molar-refractivity contribution >= 4 is 17.3 Å². The van der Waals surface area contributed by atoms with Crippen molar-refractivity contribution < 1.29 is 13.2 Å². The van der Waals surface area contributed by atoms with E-state index < -0.39 is 11.7 Å². The van der Waals surface area contributed by atoms with Crippen LogP contribution in [0.3, 0.4) is 0 Å². The summed E-state index contributed by atoms with van der Waals surface area (Å²) in [6, 6.07) is 5.76. The third-order valence-electron chi connectivity index (χ3n) is 3.53. The van der Waals surface area contributed by atoms with Gasteiger partial charge in [-0.05, 0) is 31.0 Å². The Balaban J connectivity index is 2.19. The molecule has 0 bridgehead atoms. The van der Waals surface area contributed by atoms with Gasteiger partial charge in [-0.25, -0.2) is 0 Å². The van der Waals surface area contributed by atoms with E-state index in [0.29, 0.717) is 18.1 Å². The van der Waals surface area contributed by atoms with Gasteiger partial charge < -0.3 is 10.2 Å². The van der Waals surface area contributed by atoms with Crippen LogP contribution in [-0.4, -0.2) is 31.6 Å². The van der Waals surface area contributed by atoms with E-state index in [2.05, 4.69) is 10.2 Å². The third kappa shape index (κ3) is 3.79. The first kappa shape index (κ1) is 15.4. The fraction of sp³-hybridized carbons (Fsp3) is 0.571. The standard InChI is InChI=1S/C14H18ClF3N2/c15-6-2-5-13-10-19-7-8-20(13)12-4-1-3-11(9-12)14(16,17)18/h1,3-4,9,13,19H,2,5-8,10H2. The molecular formula is C14H18ClF3N2. The van der Waals surface area contributed by atoms with Crippen LogP contribution in [-0.2, 0) is 6.18 Å². The SMILES string of the molecule is FC(F)(F)c1cccc(N2CCNCC2CCCCl)c1. The summed E-state index contributed by atoms with van der Waals surface area (Å²) >= 11 is 5.71. The maximum atomic E-state index is 12.8. The van der Waals surface area contributed by atoms with Gasteiger partial charge in [-0.1, -0.05) is 6.07 Å². The second-order valence-corrected chi connectivity index (χ2v) is 5.31. The number of halogens is 4. The molecule has 2 rings (SSSR count). The molecule has 20 heavy (non-hydrogen) atoms. The van der Waals surface area contributed by atoms with Gasteiger partial charge in [-0.15, -0.1) is 11.6 Å². The quantitative estimate of drug-likeness (QED) is 0.857. The number of nitrogens with zero attached hydrogens (tertiary/aromatic N) is 1. The smallest absolute Gasteiger partial charge is 0.366 e. The second kappa shape index (κ2) is 6.68. The summed E-state index contributed by atoms with van der Waals surface area (Å²) in [7, 11) is 0. The van der Waals surface area contributed by atoms with Crippen molar-refractivity contribution in [3.8, 4) is 0 Å². The zero-order chi connectivity index (χ0) is 14.6. The van der Waals surface area contributed by atoms with Crippen LogP contribution in [0.25, 0.3) is 0 Å². The topological polar surface area (TPSA) is 15.3 Å². The molecule has 1 aromatic carbocycles. The van der Waals surface area contributed by atoms with Gasteiger partial charge in [-0.3, -0.25) is 0 Å². The third-order valence-corrected chi connectivity index (χ3v) is 3.79. The Morgan fingerprint density at radius 1 is 1.35 bits per heavy atom. The molecule has 0 aliphatic carbocycles. The summed E-state index contributed by atoms with van der Waals surface area (Å²) in [5.41, 5.74) is 0.0468. The van der Waals surface area contributed by atoms with Gasteiger partial charge >= 0.3 is 6.18 Å². The van der Waals surface area contributed by atoms with Crippen LogP contribution in [0.4, 0.5) is 18.9 Å². The molecule has 0 radical (unpaired) electrons. The lowest BCUT2D eigenvalue weighted by Gasteiger charge is -2.38. The fourth-order valence-electron chi connectivity index (χ4n) is 2.53. The van der Waals surface area contributed by atoms with Crippen LogP contribution in [0, 0.1) is 0 Å². The van der Waals surface area contributed by atoms with E-state index in [0.717, 1.165) is 32.0 Å². The van der Waals surface area contributed by atoms with E-state index in [1.165, 1.54) is 12.1 Å². The molecule has 1 aliphatic heterocycles. The Labute approximate surface area is 121 Å². The summed E-state index contributed by atoms with van der Waals surface area (Å²) in [6.07, 6.45) is -2.55. The number of alkyl halides is 4. The van der Waals surface area contributed by atoms with Crippen molar-refractivity contribution in [3.63, 3.8) is 0 Å². The molecule has 1 aliphatic rings. The molecule has 1 heterocycles. The maximum Gasteiger partial charge on any atom is 0.416 e. The van der Waals surface area contributed by atoms with Crippen molar-refractivity contribution in [2.75, 3.05) is 30.4 Å². The fourth-order valence-corrected chi connectivity index (χ4v) is 2.69. The molecule has 2 nitrogen and oxygen atoms in total.